The molecule has 1 aromatic carbocycles. The minimum atomic E-state index is -1.87. The van der Waals surface area contributed by atoms with Crippen molar-refractivity contribution in [3.8, 4) is 28.4 Å². The Hall–Kier alpha value is -6.11. The first kappa shape index (κ1) is 37.6. The zero-order valence-corrected chi connectivity index (χ0v) is 33.0. The van der Waals surface area contributed by atoms with Crippen LogP contribution in [0.15, 0.2) is 123 Å². The summed E-state index contributed by atoms with van der Waals surface area (Å²) in [6, 6.07) is 20.5. The van der Waals surface area contributed by atoms with E-state index in [1.807, 2.05) is 163 Å². The lowest BCUT2D eigenvalue weighted by Gasteiger charge is -2.16. The van der Waals surface area contributed by atoms with E-state index in [9.17, 15) is 10.2 Å². The molecule has 5 heterocycles. The van der Waals surface area contributed by atoms with Gasteiger partial charge >= 0.3 is 28.4 Å². The van der Waals surface area contributed by atoms with Gasteiger partial charge in [0, 0.05) is 160 Å². The number of aromatic nitrogens is 5. The van der Waals surface area contributed by atoms with Crippen molar-refractivity contribution in [2.24, 2.45) is 0 Å². The van der Waals surface area contributed by atoms with Crippen molar-refractivity contribution in [1.82, 2.24) is 0 Å². The monoisotopic (exact) mass is 729 g/mol. The third-order valence-corrected chi connectivity index (χ3v) is 9.60. The molecule has 0 bridgehead atoms. The van der Waals surface area contributed by atoms with Gasteiger partial charge in [-0.2, -0.15) is 22.8 Å². The Kier molecular flexibility index (Phi) is 10.8. The average molecular weight is 730 g/mol. The minimum absolute atomic E-state index is 0.327. The van der Waals surface area contributed by atoms with Crippen molar-refractivity contribution in [3.05, 3.63) is 128 Å². The Balaban J connectivity index is 1.88. The van der Waals surface area contributed by atoms with Crippen molar-refractivity contribution in [2.75, 3.05) is 95.0 Å². The number of pyridine rings is 5. The van der Waals surface area contributed by atoms with Gasteiger partial charge in [-0.25, -0.2) is 0 Å². The molecule has 0 unspecified atom stereocenters. The highest BCUT2D eigenvalue weighted by Gasteiger charge is 2.50. The van der Waals surface area contributed by atoms with E-state index in [-0.39, 0.29) is 0 Å². The number of aliphatic hydroxyl groups excluding tert-OH is 1. The van der Waals surface area contributed by atoms with Crippen LogP contribution in [0.2, 0.25) is 0 Å². The molecular weight excluding hydrogens is 677 g/mol. The maximum atomic E-state index is 11.7. The predicted molar refractivity (Wildman–Crippen MR) is 213 cm³/mol. The molecule has 0 fully saturated rings. The Morgan fingerprint density at radius 1 is 0.315 bits per heavy atom. The van der Waals surface area contributed by atoms with Gasteiger partial charge in [0.1, 0.15) is 0 Å². The maximum Gasteiger partial charge on any atom is 0.370 e. The topological polar surface area (TPSA) is 76.1 Å². The normalized spacial score (nSPS) is 11.1. The number of rotatable bonds is 11. The second kappa shape index (κ2) is 15.5. The van der Waals surface area contributed by atoms with Crippen LogP contribution >= 0.6 is 0 Å². The minimum Gasteiger partial charge on any atom is -0.377 e. The first-order chi connectivity index (χ1) is 25.8. The molecule has 2 N–H and O–H groups in total. The summed E-state index contributed by atoms with van der Waals surface area (Å²) in [6.45, 7) is 0. The molecule has 0 aliphatic heterocycles. The van der Waals surface area contributed by atoms with E-state index in [0.717, 1.165) is 45.5 Å². The number of hydrogen-bond acceptors (Lipinski definition) is 7. The summed E-state index contributed by atoms with van der Waals surface area (Å²) in [7, 11) is 20.1. The Bertz CT molecular complexity index is 2070. The molecular formula is C42H53N10O2+5. The standard InChI is InChI=1S/C42H53N10O2/c1-43(2)31-11-21-48(22-12-31)37-36(42(53)54)38(49-23-13-32(14-24-49)44(3)4)40(51-27-17-34(18-28-51)46(7)8)41(52-29-19-35(20-30-52)47(9)10)39(37)50-25-15-33(16-26-50)45(5)6/h11-30,42,53-54H,1-10H3/q+5. The van der Waals surface area contributed by atoms with Gasteiger partial charge in [-0.15, -0.1) is 0 Å². The molecule has 0 atom stereocenters. The van der Waals surface area contributed by atoms with Crippen LogP contribution in [0.5, 0.6) is 0 Å². The number of hydrogen-bond donors (Lipinski definition) is 2. The van der Waals surface area contributed by atoms with Crippen molar-refractivity contribution >= 4 is 28.4 Å². The lowest BCUT2D eigenvalue weighted by atomic mass is 10.0. The van der Waals surface area contributed by atoms with E-state index in [2.05, 4.69) is 77.2 Å². The van der Waals surface area contributed by atoms with E-state index in [1.54, 1.807) is 0 Å². The van der Waals surface area contributed by atoms with Gasteiger partial charge in [0.05, 0.1) is 0 Å². The summed E-state index contributed by atoms with van der Waals surface area (Å²) in [5.41, 5.74) is 8.96. The van der Waals surface area contributed by atoms with Crippen LogP contribution in [0.4, 0.5) is 28.4 Å². The smallest absolute Gasteiger partial charge is 0.370 e. The second-order valence-electron chi connectivity index (χ2n) is 14.3. The summed E-state index contributed by atoms with van der Waals surface area (Å²) in [6.07, 6.45) is 18.2. The fourth-order valence-corrected chi connectivity index (χ4v) is 6.53. The molecule has 0 saturated carbocycles. The molecule has 12 heteroatoms. The molecule has 6 aromatic rings. The van der Waals surface area contributed by atoms with Crippen LogP contribution in [-0.2, 0) is 0 Å². The summed E-state index contributed by atoms with van der Waals surface area (Å²) < 4.78 is 10.2. The highest BCUT2D eigenvalue weighted by molar-refractivity contribution is 5.72. The van der Waals surface area contributed by atoms with Crippen molar-refractivity contribution in [2.45, 2.75) is 6.29 Å². The van der Waals surface area contributed by atoms with Gasteiger partial charge in [-0.05, 0) is 0 Å². The lowest BCUT2D eigenvalue weighted by Crippen LogP contribution is -2.51. The van der Waals surface area contributed by atoms with Crippen LogP contribution in [-0.4, -0.2) is 80.7 Å². The largest absolute Gasteiger partial charge is 0.377 e. The summed E-state index contributed by atoms with van der Waals surface area (Å²) >= 11 is 0. The summed E-state index contributed by atoms with van der Waals surface area (Å²) in [5, 5.41) is 23.4. The highest BCUT2D eigenvalue weighted by atomic mass is 16.5. The van der Waals surface area contributed by atoms with Crippen LogP contribution < -0.4 is 47.3 Å². The van der Waals surface area contributed by atoms with E-state index in [0.29, 0.717) is 16.9 Å². The van der Waals surface area contributed by atoms with Crippen LogP contribution in [0, 0.1) is 0 Å². The molecule has 54 heavy (non-hydrogen) atoms. The van der Waals surface area contributed by atoms with Gasteiger partial charge in [0.25, 0.3) is 0 Å². The van der Waals surface area contributed by atoms with Gasteiger partial charge in [0.2, 0.25) is 0 Å². The fraction of sp³-hybridized carbons (Fsp3) is 0.262. The van der Waals surface area contributed by atoms with Gasteiger partial charge < -0.3 is 34.7 Å². The number of aliphatic hydroxyl groups is 2. The maximum absolute atomic E-state index is 11.7. The molecule has 5 aromatic heterocycles. The predicted octanol–water partition coefficient (Wildman–Crippen LogP) is 2.38. The molecule has 0 spiro atoms. The SMILES string of the molecule is CN(C)c1cc[n+](-c2c(C(O)O)c(-[n+]3ccc(N(C)C)cc3)c(-[n+]3ccc(N(C)C)cc3)c(-[n+]3ccc(N(C)C)cc3)c2-[n+]2ccc(N(C)C)cc2)cc1. The molecule has 12 nitrogen and oxygen atoms in total. The first-order valence-electron chi connectivity index (χ1n) is 17.8. The van der Waals surface area contributed by atoms with Crippen molar-refractivity contribution in [1.29, 1.82) is 0 Å². The van der Waals surface area contributed by atoms with E-state index < -0.39 is 6.29 Å². The number of nitrogens with zero attached hydrogens (tertiary/aromatic N) is 10. The van der Waals surface area contributed by atoms with E-state index in [1.165, 1.54) is 0 Å². The van der Waals surface area contributed by atoms with E-state index in [4.69, 9.17) is 0 Å². The van der Waals surface area contributed by atoms with Gasteiger partial charge in [-0.3, -0.25) is 0 Å². The summed E-state index contributed by atoms with van der Waals surface area (Å²) in [4.78, 5) is 10.3. The molecule has 278 valence electrons. The molecule has 0 aliphatic rings. The third-order valence-electron chi connectivity index (χ3n) is 9.60. The van der Waals surface area contributed by atoms with Crippen molar-refractivity contribution in [3.63, 3.8) is 0 Å². The number of benzene rings is 1. The number of anilines is 5. The van der Waals surface area contributed by atoms with Gasteiger partial charge in [-0.1, -0.05) is 0 Å². The van der Waals surface area contributed by atoms with Crippen LogP contribution in [0.1, 0.15) is 11.9 Å². The van der Waals surface area contributed by atoms with Crippen LogP contribution in [0.25, 0.3) is 28.4 Å². The first-order valence-corrected chi connectivity index (χ1v) is 17.8. The van der Waals surface area contributed by atoms with E-state index >= 15 is 0 Å². The Morgan fingerprint density at radius 2 is 0.481 bits per heavy atom. The Labute approximate surface area is 318 Å². The second-order valence-corrected chi connectivity index (χ2v) is 14.3. The zero-order chi connectivity index (χ0) is 38.8. The average Bonchev–Trinajstić information content (AvgIpc) is 3.16. The lowest BCUT2D eigenvalue weighted by molar-refractivity contribution is -0.671. The van der Waals surface area contributed by atoms with Crippen molar-refractivity contribution < 1.29 is 33.0 Å². The molecule has 0 saturated heterocycles. The fourth-order valence-electron chi connectivity index (χ4n) is 6.53. The highest BCUT2D eigenvalue weighted by Crippen LogP contribution is 2.34. The van der Waals surface area contributed by atoms with Crippen LogP contribution in [0.3, 0.4) is 0 Å². The quantitative estimate of drug-likeness (QED) is 0.157. The molecule has 6 rings (SSSR count). The zero-order valence-electron chi connectivity index (χ0n) is 33.0. The van der Waals surface area contributed by atoms with Gasteiger partial charge in [0.15, 0.2) is 73.8 Å². The summed E-state index contributed by atoms with van der Waals surface area (Å²) in [5.74, 6) is 0. The Morgan fingerprint density at radius 3 is 0.648 bits per heavy atom. The third kappa shape index (κ3) is 7.39. The molecule has 0 amide bonds. The molecule has 0 radical (unpaired) electrons. The molecule has 0 aliphatic carbocycles.